The SMILES string of the molecule is CNCCn1cc(-c2cc3ncccc3s2)cn1. The Balaban J connectivity index is 1.91. The molecule has 0 aliphatic carbocycles. The molecule has 0 bridgehead atoms. The Labute approximate surface area is 109 Å². The van der Waals surface area contributed by atoms with Crippen molar-refractivity contribution in [3.05, 3.63) is 36.8 Å². The molecule has 0 radical (unpaired) electrons. The van der Waals surface area contributed by atoms with Crippen molar-refractivity contribution in [3.63, 3.8) is 0 Å². The predicted octanol–water partition coefficient (Wildman–Crippen LogP) is 2.38. The Kier molecular flexibility index (Phi) is 3.08. The third kappa shape index (κ3) is 2.14. The van der Waals surface area contributed by atoms with Gasteiger partial charge in [-0.15, -0.1) is 11.3 Å². The van der Waals surface area contributed by atoms with Gasteiger partial charge in [-0.2, -0.15) is 5.10 Å². The van der Waals surface area contributed by atoms with Gasteiger partial charge < -0.3 is 5.32 Å². The molecular formula is C13H14N4S. The Morgan fingerprint density at radius 2 is 2.39 bits per heavy atom. The zero-order chi connectivity index (χ0) is 12.4. The van der Waals surface area contributed by atoms with Gasteiger partial charge >= 0.3 is 0 Å². The lowest BCUT2D eigenvalue weighted by molar-refractivity contribution is 0.585. The molecule has 1 N–H and O–H groups in total. The molecule has 0 unspecified atom stereocenters. The summed E-state index contributed by atoms with van der Waals surface area (Å²) >= 11 is 1.76. The van der Waals surface area contributed by atoms with Crippen LogP contribution in [0.3, 0.4) is 0 Å². The Bertz CT molecular complexity index is 623. The van der Waals surface area contributed by atoms with Crippen molar-refractivity contribution in [2.75, 3.05) is 13.6 Å². The summed E-state index contributed by atoms with van der Waals surface area (Å²) in [6, 6.07) is 6.19. The maximum absolute atomic E-state index is 4.36. The molecule has 0 aromatic carbocycles. The monoisotopic (exact) mass is 258 g/mol. The minimum Gasteiger partial charge on any atom is -0.318 e. The number of thiophene rings is 1. The molecule has 0 aliphatic heterocycles. The van der Waals surface area contributed by atoms with Crippen LogP contribution in [0.1, 0.15) is 0 Å². The zero-order valence-electron chi connectivity index (χ0n) is 10.1. The first-order valence-electron chi connectivity index (χ1n) is 5.89. The van der Waals surface area contributed by atoms with Crippen LogP contribution in [0.15, 0.2) is 36.8 Å². The van der Waals surface area contributed by atoms with E-state index in [4.69, 9.17) is 0 Å². The van der Waals surface area contributed by atoms with Gasteiger partial charge in [0.1, 0.15) is 0 Å². The van der Waals surface area contributed by atoms with Crippen LogP contribution < -0.4 is 5.32 Å². The number of pyridine rings is 1. The summed E-state index contributed by atoms with van der Waals surface area (Å²) in [5, 5.41) is 7.48. The van der Waals surface area contributed by atoms with Gasteiger partial charge in [0.25, 0.3) is 0 Å². The predicted molar refractivity (Wildman–Crippen MR) is 74.8 cm³/mol. The van der Waals surface area contributed by atoms with E-state index < -0.39 is 0 Å². The van der Waals surface area contributed by atoms with Crippen molar-refractivity contribution in [3.8, 4) is 10.4 Å². The smallest absolute Gasteiger partial charge is 0.0816 e. The van der Waals surface area contributed by atoms with Crippen molar-refractivity contribution in [1.82, 2.24) is 20.1 Å². The van der Waals surface area contributed by atoms with Gasteiger partial charge in [-0.1, -0.05) is 0 Å². The number of nitrogens with zero attached hydrogens (tertiary/aromatic N) is 3. The van der Waals surface area contributed by atoms with Gasteiger partial charge in [-0.25, -0.2) is 0 Å². The van der Waals surface area contributed by atoms with Gasteiger partial charge in [-0.05, 0) is 25.2 Å². The lowest BCUT2D eigenvalue weighted by atomic mass is 10.3. The quantitative estimate of drug-likeness (QED) is 0.781. The maximum Gasteiger partial charge on any atom is 0.0816 e. The highest BCUT2D eigenvalue weighted by Gasteiger charge is 2.06. The van der Waals surface area contributed by atoms with E-state index in [2.05, 4.69) is 33.7 Å². The molecule has 0 saturated carbocycles. The van der Waals surface area contributed by atoms with E-state index >= 15 is 0 Å². The molecule has 0 spiro atoms. The van der Waals surface area contributed by atoms with E-state index in [-0.39, 0.29) is 0 Å². The Morgan fingerprint density at radius 3 is 3.22 bits per heavy atom. The lowest BCUT2D eigenvalue weighted by Crippen LogP contribution is -2.14. The van der Waals surface area contributed by atoms with Crippen LogP contribution in [0.25, 0.3) is 20.7 Å². The van der Waals surface area contributed by atoms with Crippen molar-refractivity contribution >= 4 is 21.6 Å². The highest BCUT2D eigenvalue weighted by molar-refractivity contribution is 7.22. The van der Waals surface area contributed by atoms with Crippen LogP contribution in [0.2, 0.25) is 0 Å². The fourth-order valence-electron chi connectivity index (χ4n) is 1.85. The normalized spacial score (nSPS) is 11.2. The van der Waals surface area contributed by atoms with Gasteiger partial charge in [0.2, 0.25) is 0 Å². The molecule has 92 valence electrons. The first-order chi connectivity index (χ1) is 8.86. The summed E-state index contributed by atoms with van der Waals surface area (Å²) in [4.78, 5) is 5.58. The maximum atomic E-state index is 4.36. The number of nitrogens with one attached hydrogen (secondary N) is 1. The summed E-state index contributed by atoms with van der Waals surface area (Å²) in [6.07, 6.45) is 5.83. The highest BCUT2D eigenvalue weighted by Crippen LogP contribution is 2.31. The molecule has 5 heteroatoms. The minimum atomic E-state index is 0.889. The average Bonchev–Trinajstić information content (AvgIpc) is 3.02. The summed E-state index contributed by atoms with van der Waals surface area (Å²) in [5.74, 6) is 0. The molecule has 4 nitrogen and oxygen atoms in total. The third-order valence-electron chi connectivity index (χ3n) is 2.80. The standard InChI is InChI=1S/C13H14N4S/c1-14-5-6-17-9-10(8-16-17)13-7-11-12(18-13)3-2-4-15-11/h2-4,7-9,14H,5-6H2,1H3. The lowest BCUT2D eigenvalue weighted by Gasteiger charge is -1.98. The molecular weight excluding hydrogens is 244 g/mol. The summed E-state index contributed by atoms with van der Waals surface area (Å²) in [6.45, 7) is 1.81. The second kappa shape index (κ2) is 4.88. The van der Waals surface area contributed by atoms with Crippen LogP contribution in [-0.2, 0) is 6.54 Å². The molecule has 0 aliphatic rings. The van der Waals surface area contributed by atoms with Crippen LogP contribution in [0.5, 0.6) is 0 Å². The molecule has 3 heterocycles. The molecule has 0 saturated heterocycles. The second-order valence-electron chi connectivity index (χ2n) is 4.09. The number of fused-ring (bicyclic) bond motifs is 1. The number of rotatable bonds is 4. The largest absolute Gasteiger partial charge is 0.318 e. The van der Waals surface area contributed by atoms with Gasteiger partial charge in [-0.3, -0.25) is 9.67 Å². The van der Waals surface area contributed by atoms with E-state index in [1.54, 1.807) is 11.3 Å². The van der Waals surface area contributed by atoms with Crippen LogP contribution in [-0.4, -0.2) is 28.4 Å². The molecule has 3 rings (SSSR count). The van der Waals surface area contributed by atoms with Gasteiger partial charge in [0, 0.05) is 29.4 Å². The van der Waals surface area contributed by atoms with E-state index in [9.17, 15) is 0 Å². The fourth-order valence-corrected chi connectivity index (χ4v) is 2.84. The Morgan fingerprint density at radius 1 is 1.44 bits per heavy atom. The van der Waals surface area contributed by atoms with E-state index in [0.717, 1.165) is 24.2 Å². The van der Waals surface area contributed by atoms with Crippen LogP contribution in [0, 0.1) is 0 Å². The molecule has 3 aromatic rings. The third-order valence-corrected chi connectivity index (χ3v) is 3.93. The first-order valence-corrected chi connectivity index (χ1v) is 6.70. The van der Waals surface area contributed by atoms with Gasteiger partial charge in [0.05, 0.1) is 23.0 Å². The molecule has 0 amide bonds. The minimum absolute atomic E-state index is 0.889. The van der Waals surface area contributed by atoms with Crippen molar-refractivity contribution < 1.29 is 0 Å². The highest BCUT2D eigenvalue weighted by atomic mass is 32.1. The first kappa shape index (κ1) is 11.4. The van der Waals surface area contributed by atoms with E-state index in [1.807, 2.05) is 30.2 Å². The van der Waals surface area contributed by atoms with Crippen molar-refractivity contribution in [2.45, 2.75) is 6.54 Å². The van der Waals surface area contributed by atoms with Gasteiger partial charge in [0.15, 0.2) is 0 Å². The Hall–Kier alpha value is -1.72. The topological polar surface area (TPSA) is 42.7 Å². The van der Waals surface area contributed by atoms with Crippen molar-refractivity contribution in [1.29, 1.82) is 0 Å². The number of aromatic nitrogens is 3. The second-order valence-corrected chi connectivity index (χ2v) is 5.18. The summed E-state index contributed by atoms with van der Waals surface area (Å²) in [7, 11) is 1.95. The van der Waals surface area contributed by atoms with E-state index in [0.29, 0.717) is 0 Å². The molecule has 0 atom stereocenters. The van der Waals surface area contributed by atoms with Crippen LogP contribution >= 0.6 is 11.3 Å². The van der Waals surface area contributed by atoms with E-state index in [1.165, 1.54) is 9.58 Å². The number of hydrogen-bond acceptors (Lipinski definition) is 4. The summed E-state index contributed by atoms with van der Waals surface area (Å²) in [5.41, 5.74) is 2.22. The molecule has 0 fully saturated rings. The number of hydrogen-bond donors (Lipinski definition) is 1. The van der Waals surface area contributed by atoms with Crippen molar-refractivity contribution in [2.24, 2.45) is 0 Å². The fraction of sp³-hybridized carbons (Fsp3) is 0.231. The molecule has 3 aromatic heterocycles. The average molecular weight is 258 g/mol. The zero-order valence-corrected chi connectivity index (χ0v) is 10.9. The molecule has 18 heavy (non-hydrogen) atoms. The summed E-state index contributed by atoms with van der Waals surface area (Å²) < 4.78 is 3.18. The van der Waals surface area contributed by atoms with Crippen LogP contribution in [0.4, 0.5) is 0 Å². The number of likely N-dealkylation sites (N-methyl/N-ethyl adjacent to an activating group) is 1.